The summed E-state index contributed by atoms with van der Waals surface area (Å²) in [5.74, 6) is 0.755. The highest BCUT2D eigenvalue weighted by Crippen LogP contribution is 2.19. The van der Waals surface area contributed by atoms with Gasteiger partial charge in [-0.1, -0.05) is 0 Å². The molecule has 94 valence electrons. The number of carbonyl (C=O) groups excluding carboxylic acids is 1. The first-order valence-electron chi connectivity index (χ1n) is 5.87. The summed E-state index contributed by atoms with van der Waals surface area (Å²) >= 11 is 3.87. The number of thiophene rings is 1. The van der Waals surface area contributed by atoms with Gasteiger partial charge in [0.2, 0.25) is 0 Å². The predicted octanol–water partition coefficient (Wildman–Crippen LogP) is 2.42. The fourth-order valence-corrected chi connectivity index (χ4v) is 3.51. The molecule has 3 nitrogen and oxygen atoms in total. The van der Waals surface area contributed by atoms with Gasteiger partial charge in [0.1, 0.15) is 0 Å². The van der Waals surface area contributed by atoms with E-state index in [1.807, 2.05) is 23.4 Å². The van der Waals surface area contributed by atoms with E-state index in [9.17, 15) is 4.79 Å². The molecule has 1 aromatic rings. The van der Waals surface area contributed by atoms with Crippen molar-refractivity contribution in [3.05, 3.63) is 19.9 Å². The summed E-state index contributed by atoms with van der Waals surface area (Å²) in [5, 5.41) is 5.33. The number of nitrogens with zero attached hydrogens (tertiary/aromatic N) is 1. The second-order valence-corrected chi connectivity index (χ2v) is 7.34. The maximum absolute atomic E-state index is 12.1. The third-order valence-corrected chi connectivity index (χ3v) is 4.88. The van der Waals surface area contributed by atoms with Crippen LogP contribution in [0.3, 0.4) is 0 Å². The molecule has 1 aliphatic heterocycles. The molecule has 1 saturated heterocycles. The van der Waals surface area contributed by atoms with Crippen molar-refractivity contribution < 1.29 is 4.79 Å². The lowest BCUT2D eigenvalue weighted by atomic mass is 9.99. The van der Waals surface area contributed by atoms with Gasteiger partial charge in [-0.3, -0.25) is 4.79 Å². The Bertz CT molecular complexity index is 388. The van der Waals surface area contributed by atoms with E-state index in [0.29, 0.717) is 5.92 Å². The van der Waals surface area contributed by atoms with Crippen LogP contribution in [0.4, 0.5) is 0 Å². The molecular weight excluding hydrogens is 347 g/mol. The molecule has 0 aromatic carbocycles. The minimum atomic E-state index is 0.148. The Hall–Kier alpha value is -0.140. The molecule has 0 bridgehead atoms. The largest absolute Gasteiger partial charge is 0.341 e. The second-order valence-electron chi connectivity index (χ2n) is 4.54. The van der Waals surface area contributed by atoms with Crippen LogP contribution in [-0.2, 0) is 0 Å². The smallest absolute Gasteiger partial charge is 0.254 e. The first kappa shape index (κ1) is 13.3. The Morgan fingerprint density at radius 1 is 1.71 bits per heavy atom. The van der Waals surface area contributed by atoms with E-state index in [1.165, 1.54) is 15.7 Å². The molecule has 1 aromatic heterocycles. The zero-order chi connectivity index (χ0) is 12.3. The molecular formula is C12H17IN2OS. The summed E-state index contributed by atoms with van der Waals surface area (Å²) in [7, 11) is 1.90. The predicted molar refractivity (Wildman–Crippen MR) is 79.6 cm³/mol. The molecule has 1 unspecified atom stereocenters. The number of amides is 1. The molecule has 17 heavy (non-hydrogen) atoms. The third-order valence-electron chi connectivity index (χ3n) is 3.09. The second kappa shape index (κ2) is 6.15. The van der Waals surface area contributed by atoms with Crippen molar-refractivity contribution in [1.29, 1.82) is 0 Å². The lowest BCUT2D eigenvalue weighted by Gasteiger charge is -2.27. The minimum Gasteiger partial charge on any atom is -0.341 e. The quantitative estimate of drug-likeness (QED) is 0.836. The van der Waals surface area contributed by atoms with E-state index < -0.39 is 0 Å². The summed E-state index contributed by atoms with van der Waals surface area (Å²) in [6, 6.07) is 1.96. The first-order valence-corrected chi connectivity index (χ1v) is 7.83. The first-order chi connectivity index (χ1) is 8.16. The normalized spacial score (nSPS) is 20.2. The molecule has 1 N–H and O–H groups in total. The lowest BCUT2D eigenvalue weighted by molar-refractivity contribution is 0.0765. The monoisotopic (exact) mass is 364 g/mol. The Morgan fingerprint density at radius 3 is 3.12 bits per heavy atom. The number of piperidine rings is 1. The van der Waals surface area contributed by atoms with Crippen molar-refractivity contribution in [3.63, 3.8) is 0 Å². The van der Waals surface area contributed by atoms with Crippen molar-refractivity contribution in [2.24, 2.45) is 5.92 Å². The van der Waals surface area contributed by atoms with E-state index >= 15 is 0 Å². The zero-order valence-corrected chi connectivity index (χ0v) is 12.9. The minimum absolute atomic E-state index is 0.148. The maximum atomic E-state index is 12.1. The fourth-order valence-electron chi connectivity index (χ4n) is 2.19. The SMILES string of the molecule is CN(CC1CCCNC1)C(=O)c1csc(I)c1. The van der Waals surface area contributed by atoms with Gasteiger partial charge in [-0.05, 0) is 60.5 Å². The van der Waals surface area contributed by atoms with Crippen LogP contribution in [0.5, 0.6) is 0 Å². The van der Waals surface area contributed by atoms with Crippen molar-refractivity contribution >= 4 is 39.8 Å². The van der Waals surface area contributed by atoms with Gasteiger partial charge in [0, 0.05) is 19.0 Å². The van der Waals surface area contributed by atoms with Crippen LogP contribution in [0.1, 0.15) is 23.2 Å². The summed E-state index contributed by atoms with van der Waals surface area (Å²) in [5.41, 5.74) is 0.825. The van der Waals surface area contributed by atoms with Crippen LogP contribution in [0.2, 0.25) is 0 Å². The van der Waals surface area contributed by atoms with Crippen molar-refractivity contribution in [2.45, 2.75) is 12.8 Å². The summed E-state index contributed by atoms with van der Waals surface area (Å²) in [4.78, 5) is 14.0. The van der Waals surface area contributed by atoms with E-state index in [2.05, 4.69) is 27.9 Å². The molecule has 0 saturated carbocycles. The summed E-state index contributed by atoms with van der Waals surface area (Å²) in [6.07, 6.45) is 2.45. The van der Waals surface area contributed by atoms with Crippen LogP contribution >= 0.6 is 33.9 Å². The third kappa shape index (κ3) is 3.66. The Labute approximate surface area is 120 Å². The van der Waals surface area contributed by atoms with Gasteiger partial charge in [0.05, 0.1) is 8.45 Å². The number of hydrogen-bond acceptors (Lipinski definition) is 3. The van der Waals surface area contributed by atoms with Crippen LogP contribution < -0.4 is 5.32 Å². The van der Waals surface area contributed by atoms with Crippen molar-refractivity contribution in [3.8, 4) is 0 Å². The Balaban J connectivity index is 1.90. The van der Waals surface area contributed by atoms with E-state index in [0.717, 1.165) is 25.2 Å². The van der Waals surface area contributed by atoms with Crippen LogP contribution in [0.25, 0.3) is 0 Å². The topological polar surface area (TPSA) is 32.3 Å². The maximum Gasteiger partial charge on any atom is 0.254 e. The number of nitrogens with one attached hydrogen (secondary N) is 1. The van der Waals surface area contributed by atoms with Crippen molar-refractivity contribution in [1.82, 2.24) is 10.2 Å². The molecule has 5 heteroatoms. The van der Waals surface area contributed by atoms with Gasteiger partial charge in [0.25, 0.3) is 5.91 Å². The summed E-state index contributed by atoms with van der Waals surface area (Å²) < 4.78 is 1.17. The highest BCUT2D eigenvalue weighted by Gasteiger charge is 2.19. The molecule has 1 atom stereocenters. The summed E-state index contributed by atoms with van der Waals surface area (Å²) in [6.45, 7) is 3.02. The highest BCUT2D eigenvalue weighted by atomic mass is 127. The van der Waals surface area contributed by atoms with Gasteiger partial charge >= 0.3 is 0 Å². The number of rotatable bonds is 3. The number of carbonyl (C=O) groups is 1. The molecule has 2 rings (SSSR count). The highest BCUT2D eigenvalue weighted by molar-refractivity contribution is 14.1. The molecule has 0 radical (unpaired) electrons. The molecule has 0 aliphatic carbocycles. The number of halogens is 1. The molecule has 0 spiro atoms. The van der Waals surface area contributed by atoms with E-state index in [4.69, 9.17) is 0 Å². The average Bonchev–Trinajstić information content (AvgIpc) is 2.76. The molecule has 1 aliphatic rings. The van der Waals surface area contributed by atoms with Crippen LogP contribution in [-0.4, -0.2) is 37.5 Å². The van der Waals surface area contributed by atoms with Gasteiger partial charge < -0.3 is 10.2 Å². The average molecular weight is 364 g/mol. The van der Waals surface area contributed by atoms with E-state index in [-0.39, 0.29) is 5.91 Å². The van der Waals surface area contributed by atoms with Gasteiger partial charge in [0.15, 0.2) is 0 Å². The van der Waals surface area contributed by atoms with Crippen LogP contribution in [0, 0.1) is 8.80 Å². The van der Waals surface area contributed by atoms with Crippen LogP contribution in [0.15, 0.2) is 11.4 Å². The molecule has 1 fully saturated rings. The fraction of sp³-hybridized carbons (Fsp3) is 0.583. The zero-order valence-electron chi connectivity index (χ0n) is 9.91. The van der Waals surface area contributed by atoms with Gasteiger partial charge in [-0.25, -0.2) is 0 Å². The van der Waals surface area contributed by atoms with Gasteiger partial charge in [-0.2, -0.15) is 0 Å². The van der Waals surface area contributed by atoms with E-state index in [1.54, 1.807) is 11.3 Å². The standard InChI is InChI=1S/C12H17IN2OS/c1-15(7-9-3-2-4-14-6-9)12(16)10-5-11(13)17-8-10/h5,8-9,14H,2-4,6-7H2,1H3. The Morgan fingerprint density at radius 2 is 2.53 bits per heavy atom. The van der Waals surface area contributed by atoms with Gasteiger partial charge in [-0.15, -0.1) is 11.3 Å². The van der Waals surface area contributed by atoms with Crippen molar-refractivity contribution in [2.75, 3.05) is 26.7 Å². The lowest BCUT2D eigenvalue weighted by Crippen LogP contribution is -2.39. The molecule has 1 amide bonds. The Kier molecular flexibility index (Phi) is 4.81. The molecule has 2 heterocycles. The number of hydrogen-bond donors (Lipinski definition) is 1.